The van der Waals surface area contributed by atoms with Crippen molar-refractivity contribution in [1.82, 2.24) is 4.90 Å². The van der Waals surface area contributed by atoms with Crippen LogP contribution < -0.4 is 9.64 Å². The van der Waals surface area contributed by atoms with Crippen LogP contribution in [-0.2, 0) is 19.1 Å². The van der Waals surface area contributed by atoms with Crippen LogP contribution in [0, 0.1) is 0 Å². The number of morpholine rings is 1. The Balaban J connectivity index is 1.48. The van der Waals surface area contributed by atoms with Crippen LogP contribution in [0.3, 0.4) is 0 Å². The Bertz CT molecular complexity index is 1230. The maximum absolute atomic E-state index is 13.5. The second-order valence-electron chi connectivity index (χ2n) is 9.35. The first kappa shape index (κ1) is 24.0. The molecule has 7 heteroatoms. The number of nitrogens with zero attached hydrogens (tertiary/aromatic N) is 2. The molecule has 2 aliphatic heterocycles. The summed E-state index contributed by atoms with van der Waals surface area (Å²) in [6.45, 7) is 3.55. The molecule has 5 atom stereocenters. The Labute approximate surface area is 211 Å². The molecule has 0 aromatic heterocycles. The molecular formula is C29H30N2O5. The molecule has 5 rings (SSSR count). The second-order valence-corrected chi connectivity index (χ2v) is 9.35. The fourth-order valence-corrected chi connectivity index (χ4v) is 4.99. The number of ether oxygens (including phenoxy) is 3. The summed E-state index contributed by atoms with van der Waals surface area (Å²) < 4.78 is 18.0. The standard InChI is InChI=1S/C29H30N2O5/c1-19-25(21-11-7-5-8-12-21)35-29(2,28(33)30(19)3)36-26-24(20-15-17-23(34-4)18-16-20)31(27(26)32)22-13-9-6-10-14-22/h5-19,24-26H,1-4H3/t19-,24+,25-,26-,29-/m0/s1. The third-order valence-electron chi connectivity index (χ3n) is 7.13. The molecule has 0 N–H and O–H groups in total. The van der Waals surface area contributed by atoms with Crippen LogP contribution >= 0.6 is 0 Å². The average molecular weight is 487 g/mol. The highest BCUT2D eigenvalue weighted by Gasteiger charge is 2.57. The monoisotopic (exact) mass is 486 g/mol. The van der Waals surface area contributed by atoms with Crippen LogP contribution in [0.5, 0.6) is 5.75 Å². The maximum Gasteiger partial charge on any atom is 0.282 e. The zero-order chi connectivity index (χ0) is 25.4. The maximum atomic E-state index is 13.5. The molecule has 2 aliphatic rings. The molecule has 2 fully saturated rings. The number of benzene rings is 3. The van der Waals surface area contributed by atoms with Gasteiger partial charge in [-0.05, 0) is 49.2 Å². The molecule has 0 aliphatic carbocycles. The Kier molecular flexibility index (Phi) is 6.28. The Hall–Kier alpha value is -3.68. The van der Waals surface area contributed by atoms with Gasteiger partial charge in [0.1, 0.15) is 11.9 Å². The Morgan fingerprint density at radius 1 is 0.861 bits per heavy atom. The van der Waals surface area contributed by atoms with Gasteiger partial charge in [-0.3, -0.25) is 14.5 Å². The number of likely N-dealkylation sites (N-methyl/N-ethyl adjacent to an activating group) is 1. The molecule has 0 bridgehead atoms. The minimum Gasteiger partial charge on any atom is -0.497 e. The highest BCUT2D eigenvalue weighted by atomic mass is 16.7. The lowest BCUT2D eigenvalue weighted by Gasteiger charge is -2.52. The van der Waals surface area contributed by atoms with Gasteiger partial charge in [0, 0.05) is 12.7 Å². The summed E-state index contributed by atoms with van der Waals surface area (Å²) >= 11 is 0. The summed E-state index contributed by atoms with van der Waals surface area (Å²) in [4.78, 5) is 30.3. The summed E-state index contributed by atoms with van der Waals surface area (Å²) in [5.74, 6) is -1.46. The van der Waals surface area contributed by atoms with Crippen LogP contribution in [-0.4, -0.2) is 48.8 Å². The highest BCUT2D eigenvalue weighted by molar-refractivity contribution is 6.05. The van der Waals surface area contributed by atoms with Crippen molar-refractivity contribution >= 4 is 17.5 Å². The Morgan fingerprint density at radius 3 is 2.08 bits per heavy atom. The molecule has 0 saturated carbocycles. The predicted octanol–water partition coefficient (Wildman–Crippen LogP) is 4.50. The average Bonchev–Trinajstić information content (AvgIpc) is 2.92. The van der Waals surface area contributed by atoms with Gasteiger partial charge in [0.15, 0.2) is 6.10 Å². The van der Waals surface area contributed by atoms with E-state index in [-0.39, 0.29) is 17.9 Å². The number of para-hydroxylation sites is 1. The summed E-state index contributed by atoms with van der Waals surface area (Å²) in [5.41, 5.74) is 2.58. The largest absolute Gasteiger partial charge is 0.497 e. The van der Waals surface area contributed by atoms with Gasteiger partial charge in [-0.15, -0.1) is 0 Å². The number of methoxy groups -OCH3 is 1. The first-order valence-electron chi connectivity index (χ1n) is 12.0. The molecule has 3 aromatic rings. The van der Waals surface area contributed by atoms with Gasteiger partial charge in [-0.2, -0.15) is 0 Å². The molecule has 186 valence electrons. The normalized spacial score (nSPS) is 28.1. The van der Waals surface area contributed by atoms with Crippen molar-refractivity contribution in [2.45, 2.75) is 43.9 Å². The number of hydrogen-bond acceptors (Lipinski definition) is 5. The van der Waals surface area contributed by atoms with Crippen molar-refractivity contribution in [3.63, 3.8) is 0 Å². The van der Waals surface area contributed by atoms with Crippen molar-refractivity contribution in [3.8, 4) is 5.75 Å². The summed E-state index contributed by atoms with van der Waals surface area (Å²) in [6.07, 6.45) is -1.30. The molecule has 7 nitrogen and oxygen atoms in total. The quantitative estimate of drug-likeness (QED) is 0.480. The molecule has 0 radical (unpaired) electrons. The first-order chi connectivity index (χ1) is 17.3. The van der Waals surface area contributed by atoms with Crippen molar-refractivity contribution in [3.05, 3.63) is 96.1 Å². The van der Waals surface area contributed by atoms with Crippen molar-refractivity contribution in [2.24, 2.45) is 0 Å². The molecule has 2 amide bonds. The number of β-lactam (4-membered cyclic amide) rings is 1. The van der Waals surface area contributed by atoms with E-state index < -0.39 is 24.0 Å². The van der Waals surface area contributed by atoms with E-state index in [2.05, 4.69) is 0 Å². The fourth-order valence-electron chi connectivity index (χ4n) is 4.99. The molecule has 2 saturated heterocycles. The molecular weight excluding hydrogens is 456 g/mol. The minimum atomic E-state index is -1.63. The van der Waals surface area contributed by atoms with Gasteiger partial charge in [-0.25, -0.2) is 0 Å². The number of rotatable bonds is 6. The second kappa shape index (κ2) is 9.41. The van der Waals surface area contributed by atoms with Crippen LogP contribution in [0.2, 0.25) is 0 Å². The van der Waals surface area contributed by atoms with Crippen LogP contribution in [0.1, 0.15) is 37.1 Å². The Morgan fingerprint density at radius 2 is 1.47 bits per heavy atom. The minimum absolute atomic E-state index is 0.202. The third-order valence-corrected chi connectivity index (χ3v) is 7.13. The van der Waals surface area contributed by atoms with Gasteiger partial charge in [0.2, 0.25) is 5.79 Å². The molecule has 0 unspecified atom stereocenters. The smallest absolute Gasteiger partial charge is 0.282 e. The zero-order valence-corrected chi connectivity index (χ0v) is 20.8. The fraction of sp³-hybridized carbons (Fsp3) is 0.310. The van der Waals surface area contributed by atoms with Gasteiger partial charge < -0.3 is 19.1 Å². The first-order valence-corrected chi connectivity index (χ1v) is 12.0. The SMILES string of the molecule is COc1ccc([C@@H]2[C@H](O[C@]3(C)O[C@H](c4ccccc4)[C@H](C)N(C)C3=O)C(=O)N2c2ccccc2)cc1. The van der Waals surface area contributed by atoms with E-state index in [0.717, 1.165) is 16.8 Å². The van der Waals surface area contributed by atoms with E-state index in [1.165, 1.54) is 0 Å². The highest BCUT2D eigenvalue weighted by Crippen LogP contribution is 2.45. The van der Waals surface area contributed by atoms with Gasteiger partial charge in [0.25, 0.3) is 11.8 Å². The molecule has 2 heterocycles. The lowest BCUT2D eigenvalue weighted by molar-refractivity contribution is -0.290. The topological polar surface area (TPSA) is 68.3 Å². The van der Waals surface area contributed by atoms with Crippen molar-refractivity contribution < 1.29 is 23.8 Å². The van der Waals surface area contributed by atoms with Gasteiger partial charge in [0.05, 0.1) is 19.2 Å². The summed E-state index contributed by atoms with van der Waals surface area (Å²) in [5, 5.41) is 0. The van der Waals surface area contributed by atoms with E-state index in [1.54, 1.807) is 30.9 Å². The lowest BCUT2D eigenvalue weighted by Crippen LogP contribution is -2.67. The van der Waals surface area contributed by atoms with Crippen LogP contribution in [0.15, 0.2) is 84.9 Å². The van der Waals surface area contributed by atoms with Crippen LogP contribution in [0.25, 0.3) is 0 Å². The molecule has 0 spiro atoms. The van der Waals surface area contributed by atoms with Crippen LogP contribution in [0.4, 0.5) is 5.69 Å². The third kappa shape index (κ3) is 4.04. The van der Waals surface area contributed by atoms with Crippen molar-refractivity contribution in [1.29, 1.82) is 0 Å². The van der Waals surface area contributed by atoms with E-state index >= 15 is 0 Å². The number of carbonyl (C=O) groups excluding carboxylic acids is 2. The molecule has 36 heavy (non-hydrogen) atoms. The van der Waals surface area contributed by atoms with E-state index in [0.29, 0.717) is 5.75 Å². The number of amides is 2. The van der Waals surface area contributed by atoms with E-state index in [4.69, 9.17) is 14.2 Å². The van der Waals surface area contributed by atoms with Gasteiger partial charge in [-0.1, -0.05) is 60.7 Å². The molecule has 3 aromatic carbocycles. The number of anilines is 1. The predicted molar refractivity (Wildman–Crippen MR) is 135 cm³/mol. The van der Waals surface area contributed by atoms with Gasteiger partial charge >= 0.3 is 0 Å². The van der Waals surface area contributed by atoms with E-state index in [1.807, 2.05) is 91.9 Å². The summed E-state index contributed by atoms with van der Waals surface area (Å²) in [6, 6.07) is 26.1. The van der Waals surface area contributed by atoms with E-state index in [9.17, 15) is 9.59 Å². The summed E-state index contributed by atoms with van der Waals surface area (Å²) in [7, 11) is 3.35. The lowest BCUT2D eigenvalue weighted by atomic mass is 9.89. The number of carbonyl (C=O) groups is 2. The zero-order valence-electron chi connectivity index (χ0n) is 20.8. The number of hydrogen-bond donors (Lipinski definition) is 0. The van der Waals surface area contributed by atoms with Crippen molar-refractivity contribution in [2.75, 3.05) is 19.1 Å².